The lowest BCUT2D eigenvalue weighted by Crippen LogP contribution is -2.13. The number of carbonyl (C=O) groups excluding carboxylic acids is 2. The standard InChI is InChI=1S/C6H8O5/c1-10-5(8)3-4(7)6(9)11-2/h3,8H,1-2H3/b5-3-. The number of ketones is 1. The summed E-state index contributed by atoms with van der Waals surface area (Å²) in [5.74, 6) is -2.64. The number of aliphatic hydroxyl groups excluding tert-OH is 1. The van der Waals surface area contributed by atoms with Gasteiger partial charge in [0.25, 0.3) is 11.7 Å². The zero-order valence-electron chi connectivity index (χ0n) is 6.16. The molecule has 0 heterocycles. The van der Waals surface area contributed by atoms with Crippen LogP contribution in [0.15, 0.2) is 12.0 Å². The fourth-order valence-electron chi connectivity index (χ4n) is 0.331. The Morgan fingerprint density at radius 2 is 1.82 bits per heavy atom. The number of carbonyl (C=O) groups is 2. The molecule has 0 rings (SSSR count). The number of esters is 1. The van der Waals surface area contributed by atoms with Gasteiger partial charge in [-0.3, -0.25) is 4.79 Å². The van der Waals surface area contributed by atoms with Gasteiger partial charge in [-0.2, -0.15) is 0 Å². The molecule has 5 heteroatoms. The summed E-state index contributed by atoms with van der Waals surface area (Å²) in [4.78, 5) is 20.9. The van der Waals surface area contributed by atoms with Crippen molar-refractivity contribution in [1.29, 1.82) is 0 Å². The number of ether oxygens (including phenoxy) is 2. The van der Waals surface area contributed by atoms with Crippen molar-refractivity contribution in [3.8, 4) is 0 Å². The molecule has 0 aromatic carbocycles. The topological polar surface area (TPSA) is 72.8 Å². The number of aliphatic hydroxyl groups is 1. The first-order chi connectivity index (χ1) is 5.11. The number of hydrogen-bond donors (Lipinski definition) is 1. The average Bonchev–Trinajstić information content (AvgIpc) is 2.02. The summed E-state index contributed by atoms with van der Waals surface area (Å²) in [5, 5.41) is 8.58. The van der Waals surface area contributed by atoms with Gasteiger partial charge in [0.2, 0.25) is 0 Å². The second-order valence-corrected chi connectivity index (χ2v) is 1.54. The second-order valence-electron chi connectivity index (χ2n) is 1.54. The molecule has 0 aromatic heterocycles. The molecule has 5 nitrogen and oxygen atoms in total. The molecular formula is C6H8O5. The van der Waals surface area contributed by atoms with E-state index in [0.29, 0.717) is 6.08 Å². The van der Waals surface area contributed by atoms with Gasteiger partial charge < -0.3 is 14.6 Å². The molecule has 0 radical (unpaired) electrons. The molecule has 0 aliphatic carbocycles. The van der Waals surface area contributed by atoms with Crippen LogP contribution in [0, 0.1) is 0 Å². The SMILES string of the molecule is COC(=O)C(=O)/C=C(/O)OC. The molecule has 0 aliphatic rings. The van der Waals surface area contributed by atoms with Gasteiger partial charge in [0.1, 0.15) is 0 Å². The molecule has 0 unspecified atom stereocenters. The summed E-state index contributed by atoms with van der Waals surface area (Å²) in [6.45, 7) is 0. The fourth-order valence-corrected chi connectivity index (χ4v) is 0.331. The molecule has 11 heavy (non-hydrogen) atoms. The predicted molar refractivity (Wildman–Crippen MR) is 34.7 cm³/mol. The summed E-state index contributed by atoms with van der Waals surface area (Å²) in [7, 11) is 2.23. The van der Waals surface area contributed by atoms with Crippen molar-refractivity contribution in [2.75, 3.05) is 14.2 Å². The van der Waals surface area contributed by atoms with Crippen LogP contribution in [-0.2, 0) is 19.1 Å². The van der Waals surface area contributed by atoms with E-state index in [9.17, 15) is 9.59 Å². The van der Waals surface area contributed by atoms with Gasteiger partial charge in [0.15, 0.2) is 0 Å². The largest absolute Gasteiger partial charge is 0.481 e. The zero-order chi connectivity index (χ0) is 8.85. The molecule has 1 N–H and O–H groups in total. The molecular weight excluding hydrogens is 152 g/mol. The van der Waals surface area contributed by atoms with E-state index in [-0.39, 0.29) is 0 Å². The average molecular weight is 160 g/mol. The molecule has 0 saturated heterocycles. The van der Waals surface area contributed by atoms with Gasteiger partial charge in [-0.25, -0.2) is 4.79 Å². The minimum Gasteiger partial charge on any atom is -0.481 e. The molecule has 0 aliphatic heterocycles. The van der Waals surface area contributed by atoms with Crippen molar-refractivity contribution < 1.29 is 24.2 Å². The van der Waals surface area contributed by atoms with Crippen LogP contribution in [0.4, 0.5) is 0 Å². The highest BCUT2D eigenvalue weighted by atomic mass is 16.6. The van der Waals surface area contributed by atoms with E-state index in [2.05, 4.69) is 9.47 Å². The molecule has 0 saturated carbocycles. The van der Waals surface area contributed by atoms with E-state index in [1.165, 1.54) is 0 Å². The van der Waals surface area contributed by atoms with Gasteiger partial charge in [-0.15, -0.1) is 0 Å². The van der Waals surface area contributed by atoms with Crippen molar-refractivity contribution >= 4 is 11.8 Å². The van der Waals surface area contributed by atoms with Crippen LogP contribution in [-0.4, -0.2) is 31.1 Å². The molecule has 0 amide bonds. The van der Waals surface area contributed by atoms with Gasteiger partial charge in [0, 0.05) is 0 Å². The Morgan fingerprint density at radius 3 is 2.18 bits per heavy atom. The Balaban J connectivity index is 4.17. The monoisotopic (exact) mass is 160 g/mol. The fraction of sp³-hybridized carbons (Fsp3) is 0.333. The van der Waals surface area contributed by atoms with Gasteiger partial charge in [-0.05, 0) is 0 Å². The Hall–Kier alpha value is -1.52. The normalized spacial score (nSPS) is 10.5. The van der Waals surface area contributed by atoms with Crippen molar-refractivity contribution in [2.24, 2.45) is 0 Å². The number of rotatable bonds is 3. The summed E-state index contributed by atoms with van der Waals surface area (Å²) in [6.07, 6.45) is 0.631. The van der Waals surface area contributed by atoms with Crippen LogP contribution in [0.3, 0.4) is 0 Å². The summed E-state index contributed by atoms with van der Waals surface area (Å²) in [5.41, 5.74) is 0. The third-order valence-electron chi connectivity index (χ3n) is 0.850. The maximum absolute atomic E-state index is 10.6. The predicted octanol–water partition coefficient (Wildman–Crippen LogP) is -0.226. The molecule has 0 aromatic rings. The van der Waals surface area contributed by atoms with Crippen molar-refractivity contribution in [2.45, 2.75) is 0 Å². The van der Waals surface area contributed by atoms with Crippen molar-refractivity contribution in [1.82, 2.24) is 0 Å². The molecule has 0 fully saturated rings. The number of methoxy groups -OCH3 is 2. The van der Waals surface area contributed by atoms with Crippen molar-refractivity contribution in [3.63, 3.8) is 0 Å². The van der Waals surface area contributed by atoms with E-state index in [4.69, 9.17) is 5.11 Å². The zero-order valence-corrected chi connectivity index (χ0v) is 6.16. The van der Waals surface area contributed by atoms with Gasteiger partial charge in [0.05, 0.1) is 20.3 Å². The maximum atomic E-state index is 10.6. The summed E-state index contributed by atoms with van der Waals surface area (Å²) < 4.78 is 8.26. The van der Waals surface area contributed by atoms with Crippen LogP contribution in [0.5, 0.6) is 0 Å². The molecule has 0 atom stereocenters. The lowest BCUT2D eigenvalue weighted by molar-refractivity contribution is -0.149. The first-order valence-corrected chi connectivity index (χ1v) is 2.68. The van der Waals surface area contributed by atoms with Gasteiger partial charge >= 0.3 is 5.97 Å². The molecule has 0 bridgehead atoms. The van der Waals surface area contributed by atoms with E-state index in [1.807, 2.05) is 0 Å². The lowest BCUT2D eigenvalue weighted by Gasteiger charge is -1.94. The van der Waals surface area contributed by atoms with Crippen LogP contribution in [0.1, 0.15) is 0 Å². The maximum Gasteiger partial charge on any atom is 0.379 e. The van der Waals surface area contributed by atoms with E-state index in [1.54, 1.807) is 0 Å². The van der Waals surface area contributed by atoms with Crippen LogP contribution in [0.2, 0.25) is 0 Å². The minimum atomic E-state index is -1.05. The summed E-state index contributed by atoms with van der Waals surface area (Å²) in [6, 6.07) is 0. The second kappa shape index (κ2) is 4.32. The minimum absolute atomic E-state index is 0.625. The van der Waals surface area contributed by atoms with E-state index >= 15 is 0 Å². The third kappa shape index (κ3) is 3.24. The molecule has 0 spiro atoms. The van der Waals surface area contributed by atoms with Crippen molar-refractivity contribution in [3.05, 3.63) is 12.0 Å². The Kier molecular flexibility index (Phi) is 3.72. The highest BCUT2D eigenvalue weighted by molar-refractivity contribution is 6.38. The Labute approximate surface area is 63.2 Å². The smallest absolute Gasteiger partial charge is 0.379 e. The highest BCUT2D eigenvalue weighted by Crippen LogP contribution is 1.89. The van der Waals surface area contributed by atoms with Crippen LogP contribution < -0.4 is 0 Å². The van der Waals surface area contributed by atoms with Crippen LogP contribution >= 0.6 is 0 Å². The third-order valence-corrected chi connectivity index (χ3v) is 0.850. The van der Waals surface area contributed by atoms with E-state index in [0.717, 1.165) is 14.2 Å². The number of hydrogen-bond acceptors (Lipinski definition) is 5. The molecule has 62 valence electrons. The summed E-state index contributed by atoms with van der Waals surface area (Å²) >= 11 is 0. The Morgan fingerprint density at radius 1 is 1.27 bits per heavy atom. The van der Waals surface area contributed by atoms with Gasteiger partial charge in [-0.1, -0.05) is 0 Å². The Bertz CT molecular complexity index is 193. The van der Waals surface area contributed by atoms with E-state index < -0.39 is 17.7 Å². The first kappa shape index (κ1) is 9.48. The first-order valence-electron chi connectivity index (χ1n) is 2.68. The lowest BCUT2D eigenvalue weighted by atomic mass is 10.4. The highest BCUT2D eigenvalue weighted by Gasteiger charge is 2.11. The van der Waals surface area contributed by atoms with Crippen LogP contribution in [0.25, 0.3) is 0 Å². The quantitative estimate of drug-likeness (QED) is 0.267.